The molecule has 0 saturated heterocycles. The van der Waals surface area contributed by atoms with Crippen LogP contribution in [0.15, 0.2) is 24.3 Å². The number of hydrogen-bond donors (Lipinski definition) is 1. The Morgan fingerprint density at radius 2 is 1.95 bits per heavy atom. The summed E-state index contributed by atoms with van der Waals surface area (Å²) in [7, 11) is 0. The average molecular weight is 340 g/mol. The van der Waals surface area contributed by atoms with Crippen LogP contribution in [0.25, 0.3) is 0 Å². The molecular weight excluding hydrogens is 322 g/mol. The lowest BCUT2D eigenvalue weighted by Gasteiger charge is -2.31. The van der Waals surface area contributed by atoms with Crippen molar-refractivity contribution in [3.8, 4) is 11.5 Å². The summed E-state index contributed by atoms with van der Waals surface area (Å²) in [5.41, 5.74) is 0. The van der Waals surface area contributed by atoms with E-state index < -0.39 is 6.10 Å². The summed E-state index contributed by atoms with van der Waals surface area (Å²) in [5.74, 6) is 1.25. The smallest absolute Gasteiger partial charge is 0.264 e. The molecule has 3 atom stereocenters. The standard InChI is InChI=1S/C15H18BrNO3/c16-10-5-1-2-6-11(10)17-15(18)14-9-19-12-7-3-4-8-13(12)20-14/h3-4,7-8,10-11,14H,1-2,5-6,9H2,(H,17,18). The van der Waals surface area contributed by atoms with E-state index in [4.69, 9.17) is 9.47 Å². The zero-order valence-corrected chi connectivity index (χ0v) is 12.8. The van der Waals surface area contributed by atoms with E-state index in [0.717, 1.165) is 19.3 Å². The van der Waals surface area contributed by atoms with E-state index in [1.165, 1.54) is 6.42 Å². The first-order chi connectivity index (χ1) is 9.74. The van der Waals surface area contributed by atoms with Crippen LogP contribution in [0.5, 0.6) is 11.5 Å². The quantitative estimate of drug-likeness (QED) is 0.842. The Balaban J connectivity index is 1.61. The molecule has 3 rings (SSSR count). The highest BCUT2D eigenvalue weighted by atomic mass is 79.9. The molecule has 1 aliphatic heterocycles. The first-order valence-corrected chi connectivity index (χ1v) is 7.98. The van der Waals surface area contributed by atoms with Crippen LogP contribution in [0, 0.1) is 0 Å². The lowest BCUT2D eigenvalue weighted by atomic mass is 9.95. The minimum atomic E-state index is -0.563. The molecule has 0 spiro atoms. The van der Waals surface area contributed by atoms with Gasteiger partial charge in [0.25, 0.3) is 5.91 Å². The maximum atomic E-state index is 12.3. The van der Waals surface area contributed by atoms with Gasteiger partial charge in [0.15, 0.2) is 11.5 Å². The van der Waals surface area contributed by atoms with Gasteiger partial charge in [-0.25, -0.2) is 0 Å². The van der Waals surface area contributed by atoms with Crippen molar-refractivity contribution in [1.29, 1.82) is 0 Å². The minimum Gasteiger partial charge on any atom is -0.485 e. The predicted molar refractivity (Wildman–Crippen MR) is 79.5 cm³/mol. The number of nitrogens with one attached hydrogen (secondary N) is 1. The third kappa shape index (κ3) is 2.92. The second-order valence-corrected chi connectivity index (χ2v) is 6.46. The van der Waals surface area contributed by atoms with Gasteiger partial charge < -0.3 is 14.8 Å². The molecule has 1 N–H and O–H groups in total. The van der Waals surface area contributed by atoms with Gasteiger partial charge in [-0.1, -0.05) is 40.9 Å². The van der Waals surface area contributed by atoms with Gasteiger partial charge in [-0.3, -0.25) is 4.79 Å². The van der Waals surface area contributed by atoms with Gasteiger partial charge in [-0.05, 0) is 25.0 Å². The van der Waals surface area contributed by atoms with Gasteiger partial charge in [-0.2, -0.15) is 0 Å². The van der Waals surface area contributed by atoms with E-state index in [0.29, 0.717) is 16.3 Å². The monoisotopic (exact) mass is 339 g/mol. The zero-order valence-electron chi connectivity index (χ0n) is 11.2. The highest BCUT2D eigenvalue weighted by Crippen LogP contribution is 2.31. The normalized spacial score (nSPS) is 28.8. The number of rotatable bonds is 2. The van der Waals surface area contributed by atoms with Crippen molar-refractivity contribution in [3.63, 3.8) is 0 Å². The molecule has 1 aromatic carbocycles. The van der Waals surface area contributed by atoms with Gasteiger partial charge in [0.2, 0.25) is 6.10 Å². The van der Waals surface area contributed by atoms with E-state index >= 15 is 0 Å². The lowest BCUT2D eigenvalue weighted by molar-refractivity contribution is -0.131. The number of carbonyl (C=O) groups excluding carboxylic acids is 1. The number of hydrogen-bond acceptors (Lipinski definition) is 3. The van der Waals surface area contributed by atoms with Gasteiger partial charge in [0, 0.05) is 10.9 Å². The van der Waals surface area contributed by atoms with Gasteiger partial charge in [0.05, 0.1) is 0 Å². The van der Waals surface area contributed by atoms with Crippen LogP contribution in [0.3, 0.4) is 0 Å². The molecule has 108 valence electrons. The summed E-state index contributed by atoms with van der Waals surface area (Å²) in [6, 6.07) is 7.62. The van der Waals surface area contributed by atoms with E-state index in [1.807, 2.05) is 24.3 Å². The van der Waals surface area contributed by atoms with Crippen molar-refractivity contribution >= 4 is 21.8 Å². The van der Waals surface area contributed by atoms with Crippen molar-refractivity contribution < 1.29 is 14.3 Å². The molecule has 5 heteroatoms. The Morgan fingerprint density at radius 1 is 1.20 bits per heavy atom. The maximum Gasteiger partial charge on any atom is 0.264 e. The van der Waals surface area contributed by atoms with Crippen LogP contribution < -0.4 is 14.8 Å². The Labute approximate surface area is 127 Å². The SMILES string of the molecule is O=C(NC1CCCCC1Br)C1COc2ccccc2O1. The lowest BCUT2D eigenvalue weighted by Crippen LogP contribution is -2.50. The van der Waals surface area contributed by atoms with E-state index in [9.17, 15) is 4.79 Å². The van der Waals surface area contributed by atoms with Crippen molar-refractivity contribution in [3.05, 3.63) is 24.3 Å². The van der Waals surface area contributed by atoms with E-state index in [1.54, 1.807) is 0 Å². The van der Waals surface area contributed by atoms with Gasteiger partial charge >= 0.3 is 0 Å². The number of carbonyl (C=O) groups is 1. The topological polar surface area (TPSA) is 47.6 Å². The van der Waals surface area contributed by atoms with E-state index in [2.05, 4.69) is 21.2 Å². The number of halogens is 1. The second kappa shape index (κ2) is 6.04. The average Bonchev–Trinajstić information content (AvgIpc) is 2.49. The fourth-order valence-corrected chi connectivity index (χ4v) is 3.39. The Kier molecular flexibility index (Phi) is 4.15. The molecule has 2 aliphatic rings. The Bertz CT molecular complexity index is 494. The molecule has 1 aromatic rings. The first-order valence-electron chi connectivity index (χ1n) is 7.07. The van der Waals surface area contributed by atoms with Crippen molar-refractivity contribution in [1.82, 2.24) is 5.32 Å². The number of alkyl halides is 1. The summed E-state index contributed by atoms with van der Waals surface area (Å²) in [6.07, 6.45) is 3.95. The fraction of sp³-hybridized carbons (Fsp3) is 0.533. The molecule has 1 amide bonds. The van der Waals surface area contributed by atoms with Crippen LogP contribution in [0.2, 0.25) is 0 Å². The second-order valence-electron chi connectivity index (χ2n) is 5.28. The number of para-hydroxylation sites is 2. The summed E-state index contributed by atoms with van der Waals surface area (Å²) in [6.45, 7) is 0.266. The summed E-state index contributed by atoms with van der Waals surface area (Å²) >= 11 is 3.65. The fourth-order valence-electron chi connectivity index (χ4n) is 2.67. The van der Waals surface area contributed by atoms with Crippen LogP contribution >= 0.6 is 15.9 Å². The van der Waals surface area contributed by atoms with Gasteiger partial charge in [0.1, 0.15) is 6.61 Å². The minimum absolute atomic E-state index is 0.0872. The number of amides is 1. The Hall–Kier alpha value is -1.23. The first kappa shape index (κ1) is 13.7. The van der Waals surface area contributed by atoms with Gasteiger partial charge in [-0.15, -0.1) is 0 Å². The van der Waals surface area contributed by atoms with Crippen molar-refractivity contribution in [2.45, 2.75) is 42.7 Å². The van der Waals surface area contributed by atoms with Crippen molar-refractivity contribution in [2.24, 2.45) is 0 Å². The summed E-state index contributed by atoms with van der Waals surface area (Å²) < 4.78 is 11.3. The maximum absolute atomic E-state index is 12.3. The van der Waals surface area contributed by atoms with Crippen LogP contribution in [-0.4, -0.2) is 29.5 Å². The molecule has 0 bridgehead atoms. The molecule has 20 heavy (non-hydrogen) atoms. The predicted octanol–water partition coefficient (Wildman–Crippen LogP) is 2.65. The van der Waals surface area contributed by atoms with Crippen molar-refractivity contribution in [2.75, 3.05) is 6.61 Å². The third-order valence-corrected chi connectivity index (χ3v) is 4.91. The number of fused-ring (bicyclic) bond motifs is 1. The van der Waals surface area contributed by atoms with Crippen LogP contribution in [0.1, 0.15) is 25.7 Å². The molecule has 1 fully saturated rings. The molecular formula is C15H18BrNO3. The molecule has 0 radical (unpaired) electrons. The highest BCUT2D eigenvalue weighted by molar-refractivity contribution is 9.09. The number of ether oxygens (including phenoxy) is 2. The molecule has 4 nitrogen and oxygen atoms in total. The molecule has 1 saturated carbocycles. The molecule has 0 aromatic heterocycles. The summed E-state index contributed by atoms with van der Waals surface area (Å²) in [4.78, 5) is 12.6. The van der Waals surface area contributed by atoms with Crippen LogP contribution in [-0.2, 0) is 4.79 Å². The summed E-state index contributed by atoms with van der Waals surface area (Å²) in [5, 5.41) is 3.08. The molecule has 1 aliphatic carbocycles. The Morgan fingerprint density at radius 3 is 2.75 bits per heavy atom. The van der Waals surface area contributed by atoms with Crippen LogP contribution in [0.4, 0.5) is 0 Å². The number of benzene rings is 1. The third-order valence-electron chi connectivity index (χ3n) is 3.81. The largest absolute Gasteiger partial charge is 0.485 e. The zero-order chi connectivity index (χ0) is 13.9. The van der Waals surface area contributed by atoms with E-state index in [-0.39, 0.29) is 18.6 Å². The molecule has 1 heterocycles. The molecule has 3 unspecified atom stereocenters. The highest BCUT2D eigenvalue weighted by Gasteiger charge is 2.31.